The summed E-state index contributed by atoms with van der Waals surface area (Å²) in [5.74, 6) is 3.30. The average Bonchev–Trinajstić information content (AvgIpc) is 2.51. The van der Waals surface area contributed by atoms with Gasteiger partial charge in [-0.2, -0.15) is 4.79 Å². The summed E-state index contributed by atoms with van der Waals surface area (Å²) < 4.78 is 0. The molecule has 0 saturated heterocycles. The highest BCUT2D eigenvalue weighted by Crippen LogP contribution is 2.09. The third kappa shape index (κ3) is 4.07. The Hall–Kier alpha value is -2.83. The number of hydrogen-bond donors (Lipinski definition) is 3. The molecule has 0 aliphatic heterocycles. The van der Waals surface area contributed by atoms with E-state index in [4.69, 9.17) is 11.4 Å². The second-order valence-electron chi connectivity index (χ2n) is 4.10. The van der Waals surface area contributed by atoms with Crippen LogP contribution in [-0.4, -0.2) is 34.6 Å². The number of Topliss-reactive ketones (excluding diaryl/α,β-unsaturated/α-hetero) is 1. The number of nitrogens with two attached hydrogens (primary N) is 1. The highest BCUT2D eigenvalue weighted by Gasteiger charge is 2.23. The summed E-state index contributed by atoms with van der Waals surface area (Å²) in [5, 5.41) is 2.48. The molecule has 0 heterocycles. The molecule has 1 aromatic rings. The van der Waals surface area contributed by atoms with E-state index in [9.17, 15) is 14.4 Å². The van der Waals surface area contributed by atoms with Gasteiger partial charge in [-0.1, -0.05) is 19.1 Å². The number of carbonyl (C=O) groups excluding carboxylic acids is 3. The highest BCUT2D eigenvalue weighted by molar-refractivity contribution is 6.28. The van der Waals surface area contributed by atoms with Crippen LogP contribution in [0.4, 0.5) is 0 Å². The lowest BCUT2D eigenvalue weighted by Gasteiger charge is -2.14. The van der Waals surface area contributed by atoms with Crippen LogP contribution in [0.1, 0.15) is 34.1 Å². The minimum atomic E-state index is -0.845. The van der Waals surface area contributed by atoms with Gasteiger partial charge in [0.1, 0.15) is 0 Å². The van der Waals surface area contributed by atoms with Gasteiger partial charge in [0.25, 0.3) is 17.6 Å². The Bertz CT molecular complexity index is 608. The molecule has 8 nitrogen and oxygen atoms in total. The van der Waals surface area contributed by atoms with E-state index in [0.29, 0.717) is 12.6 Å². The van der Waals surface area contributed by atoms with Gasteiger partial charge >= 0.3 is 6.21 Å². The fraction of sp³-hybridized carbons (Fsp3) is 0.231. The number of nitrogen functional groups attached to an aromatic ring is 1. The second-order valence-corrected chi connectivity index (χ2v) is 4.10. The lowest BCUT2D eigenvalue weighted by atomic mass is 10.0. The molecule has 21 heavy (non-hydrogen) atoms. The molecule has 0 spiro atoms. The maximum Gasteiger partial charge on any atom is 0.325 e. The van der Waals surface area contributed by atoms with Crippen molar-refractivity contribution in [2.75, 3.05) is 0 Å². The van der Waals surface area contributed by atoms with Crippen LogP contribution in [0.25, 0.3) is 5.53 Å². The molecule has 0 bridgehead atoms. The van der Waals surface area contributed by atoms with Gasteiger partial charge in [-0.15, -0.1) is 0 Å². The minimum Gasteiger partial charge on any atom is -0.361 e. The summed E-state index contributed by atoms with van der Waals surface area (Å²) in [6.45, 7) is 1.69. The van der Waals surface area contributed by atoms with Crippen LogP contribution in [-0.2, 0) is 4.79 Å². The van der Waals surface area contributed by atoms with E-state index >= 15 is 0 Å². The number of amides is 2. The van der Waals surface area contributed by atoms with Crippen molar-refractivity contribution in [1.29, 1.82) is 0 Å². The number of benzene rings is 1. The van der Waals surface area contributed by atoms with Crippen molar-refractivity contribution in [3.8, 4) is 0 Å². The van der Waals surface area contributed by atoms with Crippen molar-refractivity contribution in [1.82, 2.24) is 10.7 Å². The van der Waals surface area contributed by atoms with E-state index in [-0.39, 0.29) is 11.1 Å². The molecule has 0 unspecified atom stereocenters. The first-order chi connectivity index (χ1) is 10.0. The van der Waals surface area contributed by atoms with Gasteiger partial charge in [0.15, 0.2) is 0 Å². The summed E-state index contributed by atoms with van der Waals surface area (Å²) in [4.78, 5) is 38.0. The van der Waals surface area contributed by atoms with Crippen molar-refractivity contribution >= 4 is 23.8 Å². The summed E-state index contributed by atoms with van der Waals surface area (Å²) in [7, 11) is 0. The van der Waals surface area contributed by atoms with Crippen molar-refractivity contribution in [3.63, 3.8) is 0 Å². The number of nitrogens with one attached hydrogen (secondary N) is 2. The van der Waals surface area contributed by atoms with Gasteiger partial charge in [-0.25, -0.2) is 5.84 Å². The molecule has 1 rings (SSSR count). The van der Waals surface area contributed by atoms with Crippen molar-refractivity contribution in [3.05, 3.63) is 40.9 Å². The quantitative estimate of drug-likeness (QED) is 0.165. The van der Waals surface area contributed by atoms with Crippen molar-refractivity contribution in [2.24, 2.45) is 5.84 Å². The standard InChI is InChI=1S/C13H15N5O3/c1-2-10(11(19)7-16-14)17-12(20)8-5-3-4-6-9(8)13(21)18-15/h3-7,10H,2,15H2,1H3,(H,17,20)(H,18,21)/t10-/m1/s1. The number of ketones is 1. The first-order valence-electron chi connectivity index (χ1n) is 6.17. The molecule has 0 fully saturated rings. The van der Waals surface area contributed by atoms with E-state index in [2.05, 4.69) is 10.1 Å². The molecule has 0 saturated carbocycles. The molecule has 1 atom stereocenters. The zero-order valence-electron chi connectivity index (χ0n) is 11.4. The lowest BCUT2D eigenvalue weighted by Crippen LogP contribution is -2.42. The number of nitrogens with zero attached hydrogens (tertiary/aromatic N) is 2. The van der Waals surface area contributed by atoms with Crippen LogP contribution >= 0.6 is 0 Å². The van der Waals surface area contributed by atoms with Gasteiger partial charge < -0.3 is 10.8 Å². The van der Waals surface area contributed by atoms with Gasteiger partial charge in [0.05, 0.1) is 17.2 Å². The molecule has 1 aromatic carbocycles. The Morgan fingerprint density at radius 2 is 1.86 bits per heavy atom. The molecule has 2 amide bonds. The number of hydrogen-bond acceptors (Lipinski definition) is 4. The third-order valence-electron chi connectivity index (χ3n) is 2.79. The Kier molecular flexibility index (Phi) is 5.94. The monoisotopic (exact) mass is 289 g/mol. The summed E-state index contributed by atoms with van der Waals surface area (Å²) >= 11 is 0. The van der Waals surface area contributed by atoms with Gasteiger partial charge in [-0.05, 0) is 18.6 Å². The molecule has 0 radical (unpaired) electrons. The molecule has 4 N–H and O–H groups in total. The zero-order chi connectivity index (χ0) is 15.8. The fourth-order valence-electron chi connectivity index (χ4n) is 1.71. The number of carbonyl (C=O) groups is 3. The molecule has 0 aromatic heterocycles. The molecule has 8 heteroatoms. The molecule has 110 valence electrons. The predicted molar refractivity (Wildman–Crippen MR) is 74.3 cm³/mol. The Morgan fingerprint density at radius 3 is 2.33 bits per heavy atom. The average molecular weight is 289 g/mol. The maximum absolute atomic E-state index is 12.2. The number of hydrazine groups is 1. The Morgan fingerprint density at radius 1 is 1.29 bits per heavy atom. The van der Waals surface area contributed by atoms with Crippen molar-refractivity contribution in [2.45, 2.75) is 19.4 Å². The first-order valence-corrected chi connectivity index (χ1v) is 6.17. The number of rotatable bonds is 6. The van der Waals surface area contributed by atoms with Crippen LogP contribution < -0.4 is 16.6 Å². The zero-order valence-corrected chi connectivity index (χ0v) is 11.4. The predicted octanol–water partition coefficient (Wildman–Crippen LogP) is -0.332. The van der Waals surface area contributed by atoms with Crippen LogP contribution in [0, 0.1) is 0 Å². The minimum absolute atomic E-state index is 0.0904. The van der Waals surface area contributed by atoms with E-state index in [1.54, 1.807) is 19.1 Å². The Labute approximate surface area is 120 Å². The molecule has 0 aliphatic rings. The SMILES string of the molecule is CC[C@@H](NC(=O)c1ccccc1C(=O)NN)C(=O)C=[N+]=[N-]. The highest BCUT2D eigenvalue weighted by atomic mass is 16.2. The Balaban J connectivity index is 3.01. The van der Waals surface area contributed by atoms with Gasteiger partial charge in [0, 0.05) is 0 Å². The van der Waals surface area contributed by atoms with E-state index in [1.165, 1.54) is 12.1 Å². The van der Waals surface area contributed by atoms with Crippen LogP contribution in [0.3, 0.4) is 0 Å². The van der Waals surface area contributed by atoms with Crippen LogP contribution in [0.5, 0.6) is 0 Å². The summed E-state index contributed by atoms with van der Waals surface area (Å²) in [5.41, 5.74) is 10.5. The van der Waals surface area contributed by atoms with Crippen LogP contribution in [0.2, 0.25) is 0 Å². The summed E-state index contributed by atoms with van der Waals surface area (Å²) in [6.07, 6.45) is 1.02. The second kappa shape index (κ2) is 7.68. The van der Waals surface area contributed by atoms with E-state index < -0.39 is 23.6 Å². The lowest BCUT2D eigenvalue weighted by molar-refractivity contribution is -0.117. The normalized spacial score (nSPS) is 11.0. The van der Waals surface area contributed by atoms with Crippen LogP contribution in [0.15, 0.2) is 24.3 Å². The fourth-order valence-corrected chi connectivity index (χ4v) is 1.71. The molecule has 0 aliphatic carbocycles. The van der Waals surface area contributed by atoms with Gasteiger partial charge in [0.2, 0.25) is 0 Å². The smallest absolute Gasteiger partial charge is 0.325 e. The van der Waals surface area contributed by atoms with Gasteiger partial charge in [-0.3, -0.25) is 19.8 Å². The molecular formula is C13H15N5O3. The first kappa shape index (κ1) is 16.2. The molecular weight excluding hydrogens is 274 g/mol. The third-order valence-corrected chi connectivity index (χ3v) is 2.79. The maximum atomic E-state index is 12.2. The topological polar surface area (TPSA) is 138 Å². The van der Waals surface area contributed by atoms with Crippen molar-refractivity contribution < 1.29 is 19.2 Å². The largest absolute Gasteiger partial charge is 0.361 e. The summed E-state index contributed by atoms with van der Waals surface area (Å²) in [6, 6.07) is 5.21. The van der Waals surface area contributed by atoms with E-state index in [0.717, 1.165) is 0 Å². The van der Waals surface area contributed by atoms with E-state index in [1.807, 2.05) is 5.43 Å².